The summed E-state index contributed by atoms with van der Waals surface area (Å²) in [7, 11) is 1.93. The van der Waals surface area contributed by atoms with E-state index in [0.29, 0.717) is 24.1 Å². The Morgan fingerprint density at radius 2 is 1.93 bits per heavy atom. The number of rotatable bonds is 7. The van der Waals surface area contributed by atoms with Crippen LogP contribution in [-0.2, 0) is 12.8 Å². The first-order chi connectivity index (χ1) is 13.8. The van der Waals surface area contributed by atoms with Crippen LogP contribution in [0.15, 0.2) is 58.5 Å². The third-order valence-electron chi connectivity index (χ3n) is 3.99. The van der Waals surface area contributed by atoms with Gasteiger partial charge in [0.25, 0.3) is 0 Å². The first-order valence-electron chi connectivity index (χ1n) is 8.73. The summed E-state index contributed by atoms with van der Waals surface area (Å²) in [5.41, 5.74) is 1.77. The number of benzene rings is 1. The molecule has 0 spiro atoms. The number of thioether (sulfide) groups is 1. The lowest BCUT2D eigenvalue weighted by Crippen LogP contribution is -1.95. The molecule has 0 aliphatic rings. The number of hydrogen-bond donors (Lipinski definition) is 0. The van der Waals surface area contributed by atoms with E-state index in [2.05, 4.69) is 25.3 Å². The minimum atomic E-state index is 0.492. The maximum absolute atomic E-state index is 5.64. The molecular formula is C19H18N6O2S. The summed E-state index contributed by atoms with van der Waals surface area (Å²) in [5, 5.41) is 13.4. The van der Waals surface area contributed by atoms with E-state index < -0.39 is 0 Å². The van der Waals surface area contributed by atoms with Gasteiger partial charge < -0.3 is 13.8 Å². The third-order valence-corrected chi connectivity index (χ3v) is 5.00. The van der Waals surface area contributed by atoms with Crippen LogP contribution in [0.2, 0.25) is 0 Å². The van der Waals surface area contributed by atoms with Crippen LogP contribution in [0.3, 0.4) is 0 Å². The molecule has 0 fully saturated rings. The number of aromatic nitrogens is 6. The largest absolute Gasteiger partial charge is 0.493 e. The van der Waals surface area contributed by atoms with Crippen molar-refractivity contribution in [2.75, 3.05) is 6.61 Å². The van der Waals surface area contributed by atoms with Crippen molar-refractivity contribution >= 4 is 11.8 Å². The summed E-state index contributed by atoms with van der Waals surface area (Å²) in [6.07, 6.45) is 3.47. The maximum atomic E-state index is 5.64. The average molecular weight is 394 g/mol. The van der Waals surface area contributed by atoms with Gasteiger partial charge in [-0.05, 0) is 31.2 Å². The normalized spacial score (nSPS) is 10.9. The van der Waals surface area contributed by atoms with Crippen molar-refractivity contribution in [3.8, 4) is 28.5 Å². The summed E-state index contributed by atoms with van der Waals surface area (Å²) in [4.78, 5) is 8.52. The SMILES string of the molecule is CCOc1ccccc1-c1noc(CSc2nnc(-c3ccncc3)n2C)n1. The highest BCUT2D eigenvalue weighted by Gasteiger charge is 2.16. The molecule has 0 saturated carbocycles. The van der Waals surface area contributed by atoms with Gasteiger partial charge in [0.15, 0.2) is 11.0 Å². The van der Waals surface area contributed by atoms with Crippen LogP contribution >= 0.6 is 11.8 Å². The standard InChI is InChI=1S/C19H18N6O2S/c1-3-26-15-7-5-4-6-14(15)17-21-16(27-24-17)12-28-19-23-22-18(25(19)2)13-8-10-20-11-9-13/h4-11H,3,12H2,1-2H3. The summed E-state index contributed by atoms with van der Waals surface area (Å²) < 4.78 is 13.0. The van der Waals surface area contributed by atoms with Crippen LogP contribution in [0.1, 0.15) is 12.8 Å². The Morgan fingerprint density at radius 1 is 1.11 bits per heavy atom. The van der Waals surface area contributed by atoms with Gasteiger partial charge in [0.2, 0.25) is 11.7 Å². The second-order valence-corrected chi connectivity index (χ2v) is 6.77. The van der Waals surface area contributed by atoms with Gasteiger partial charge in [-0.2, -0.15) is 4.98 Å². The lowest BCUT2D eigenvalue weighted by Gasteiger charge is -2.06. The molecular weight excluding hydrogens is 376 g/mol. The van der Waals surface area contributed by atoms with E-state index in [4.69, 9.17) is 9.26 Å². The minimum Gasteiger partial charge on any atom is -0.493 e. The van der Waals surface area contributed by atoms with E-state index in [-0.39, 0.29) is 0 Å². The molecule has 9 heteroatoms. The molecule has 4 aromatic rings. The predicted molar refractivity (Wildman–Crippen MR) is 105 cm³/mol. The van der Waals surface area contributed by atoms with Gasteiger partial charge in [-0.1, -0.05) is 29.1 Å². The second kappa shape index (κ2) is 8.22. The van der Waals surface area contributed by atoms with Gasteiger partial charge >= 0.3 is 0 Å². The lowest BCUT2D eigenvalue weighted by molar-refractivity contribution is 0.341. The van der Waals surface area contributed by atoms with Crippen molar-refractivity contribution in [2.24, 2.45) is 7.05 Å². The number of pyridine rings is 1. The van der Waals surface area contributed by atoms with Crippen molar-refractivity contribution in [1.82, 2.24) is 29.9 Å². The number of hydrogen-bond acceptors (Lipinski definition) is 8. The fourth-order valence-electron chi connectivity index (χ4n) is 2.67. The average Bonchev–Trinajstić information content (AvgIpc) is 3.34. The molecule has 0 radical (unpaired) electrons. The van der Waals surface area contributed by atoms with Crippen LogP contribution in [-0.4, -0.2) is 36.5 Å². The van der Waals surface area contributed by atoms with Crippen molar-refractivity contribution in [1.29, 1.82) is 0 Å². The Balaban J connectivity index is 1.48. The van der Waals surface area contributed by atoms with Gasteiger partial charge in [-0.3, -0.25) is 4.98 Å². The quantitative estimate of drug-likeness (QED) is 0.439. The molecule has 0 aliphatic carbocycles. The highest BCUT2D eigenvalue weighted by molar-refractivity contribution is 7.98. The first kappa shape index (κ1) is 18.2. The third kappa shape index (κ3) is 3.74. The molecule has 28 heavy (non-hydrogen) atoms. The van der Waals surface area contributed by atoms with Crippen molar-refractivity contribution in [2.45, 2.75) is 17.8 Å². The molecule has 8 nitrogen and oxygen atoms in total. The zero-order valence-corrected chi connectivity index (χ0v) is 16.3. The monoisotopic (exact) mass is 394 g/mol. The summed E-state index contributed by atoms with van der Waals surface area (Å²) >= 11 is 1.48. The summed E-state index contributed by atoms with van der Waals surface area (Å²) in [6.45, 7) is 2.51. The van der Waals surface area contributed by atoms with E-state index in [1.54, 1.807) is 12.4 Å². The van der Waals surface area contributed by atoms with Crippen molar-refractivity contribution in [3.63, 3.8) is 0 Å². The highest BCUT2D eigenvalue weighted by atomic mass is 32.2. The predicted octanol–water partition coefficient (Wildman–Crippen LogP) is 3.62. The number of ether oxygens (including phenoxy) is 1. The maximum Gasteiger partial charge on any atom is 0.237 e. The Labute approximate surface area is 166 Å². The Kier molecular flexibility index (Phi) is 5.34. The molecule has 142 valence electrons. The van der Waals surface area contributed by atoms with E-state index in [9.17, 15) is 0 Å². The molecule has 0 N–H and O–H groups in total. The van der Waals surface area contributed by atoms with Crippen molar-refractivity contribution < 1.29 is 9.26 Å². The molecule has 0 amide bonds. The van der Waals surface area contributed by atoms with Gasteiger partial charge in [0.1, 0.15) is 5.75 Å². The molecule has 0 atom stereocenters. The molecule has 0 saturated heterocycles. The fraction of sp³-hybridized carbons (Fsp3) is 0.211. The zero-order chi connectivity index (χ0) is 19.3. The van der Waals surface area contributed by atoms with E-state index in [0.717, 1.165) is 27.9 Å². The second-order valence-electron chi connectivity index (χ2n) is 5.83. The summed E-state index contributed by atoms with van der Waals surface area (Å²) in [6, 6.07) is 11.4. The van der Waals surface area contributed by atoms with Gasteiger partial charge in [0, 0.05) is 25.0 Å². The molecule has 3 aromatic heterocycles. The molecule has 4 rings (SSSR count). The van der Waals surface area contributed by atoms with Gasteiger partial charge in [0.05, 0.1) is 17.9 Å². The zero-order valence-electron chi connectivity index (χ0n) is 15.4. The molecule has 3 heterocycles. The van der Waals surface area contributed by atoms with Crippen LogP contribution < -0.4 is 4.74 Å². The van der Waals surface area contributed by atoms with E-state index >= 15 is 0 Å². The van der Waals surface area contributed by atoms with E-state index in [1.807, 2.05) is 54.9 Å². The van der Waals surface area contributed by atoms with Gasteiger partial charge in [-0.25, -0.2) is 0 Å². The Hall–Kier alpha value is -3.20. The smallest absolute Gasteiger partial charge is 0.237 e. The molecule has 1 aromatic carbocycles. The van der Waals surface area contributed by atoms with Crippen molar-refractivity contribution in [3.05, 3.63) is 54.7 Å². The number of para-hydroxylation sites is 1. The lowest BCUT2D eigenvalue weighted by atomic mass is 10.2. The number of nitrogens with zero attached hydrogens (tertiary/aromatic N) is 6. The van der Waals surface area contributed by atoms with Crippen LogP contribution in [0.25, 0.3) is 22.8 Å². The van der Waals surface area contributed by atoms with Gasteiger partial charge in [-0.15, -0.1) is 10.2 Å². The Bertz CT molecular complexity index is 1060. The Morgan fingerprint density at radius 3 is 2.75 bits per heavy atom. The molecule has 0 unspecified atom stereocenters. The van der Waals surface area contributed by atoms with Crippen LogP contribution in [0.5, 0.6) is 5.75 Å². The first-order valence-corrected chi connectivity index (χ1v) is 9.72. The summed E-state index contributed by atoms with van der Waals surface area (Å²) in [5.74, 6) is 3.03. The van der Waals surface area contributed by atoms with E-state index in [1.165, 1.54) is 11.8 Å². The topological polar surface area (TPSA) is 91.8 Å². The van der Waals surface area contributed by atoms with Crippen LogP contribution in [0, 0.1) is 0 Å². The fourth-order valence-corrected chi connectivity index (χ4v) is 3.42. The molecule has 0 aliphatic heterocycles. The van der Waals surface area contributed by atoms with Crippen LogP contribution in [0.4, 0.5) is 0 Å². The highest BCUT2D eigenvalue weighted by Crippen LogP contribution is 2.29. The minimum absolute atomic E-state index is 0.492. The molecule has 0 bridgehead atoms.